The summed E-state index contributed by atoms with van der Waals surface area (Å²) >= 11 is 0. The molecule has 0 heterocycles. The van der Waals surface area contributed by atoms with Crippen LogP contribution in [0.3, 0.4) is 0 Å². The van der Waals surface area contributed by atoms with Crippen LogP contribution < -0.4 is 0 Å². The van der Waals surface area contributed by atoms with Crippen LogP contribution in [0.2, 0.25) is 0 Å². The molecule has 0 aromatic rings. The Labute approximate surface area is 161 Å². The van der Waals surface area contributed by atoms with E-state index >= 15 is 0 Å². The van der Waals surface area contributed by atoms with E-state index in [1.54, 1.807) is 0 Å². The van der Waals surface area contributed by atoms with Gasteiger partial charge in [0.05, 0.1) is 21.1 Å². The molecule has 0 aromatic carbocycles. The van der Waals surface area contributed by atoms with Gasteiger partial charge in [-0.15, -0.1) is 0 Å². The highest BCUT2D eigenvalue weighted by atomic mass is 31.2. The molecule has 0 saturated carbocycles. The van der Waals surface area contributed by atoms with Crippen LogP contribution in [0.25, 0.3) is 0 Å². The molecule has 5 nitrogen and oxygen atoms in total. The first-order valence-electron chi connectivity index (χ1n) is 10.6. The summed E-state index contributed by atoms with van der Waals surface area (Å²) in [5.41, 5.74) is 0. The molecule has 0 fully saturated rings. The van der Waals surface area contributed by atoms with Gasteiger partial charge in [-0.05, 0) is 12.8 Å². The third-order valence-corrected chi connectivity index (χ3v) is 6.69. The Hall–Kier alpha value is 0.0700. The number of hydrogen-bond acceptors (Lipinski definition) is 2. The minimum absolute atomic E-state index is 0.0753. The summed E-state index contributed by atoms with van der Waals surface area (Å²) in [5, 5.41) is 9.24. The molecule has 0 bridgehead atoms. The largest absolute Gasteiger partial charge is 0.373 e. The van der Waals surface area contributed by atoms with Crippen molar-refractivity contribution in [3.8, 4) is 0 Å². The maximum Gasteiger partial charge on any atom is 0.363 e. The normalized spacial score (nSPS) is 15.4. The van der Waals surface area contributed by atoms with Crippen molar-refractivity contribution in [3.63, 3.8) is 0 Å². The fourth-order valence-corrected chi connectivity index (χ4v) is 5.09. The smallest absolute Gasteiger partial charge is 0.363 e. The number of quaternary nitrogens is 1. The number of aliphatic hydroxyl groups is 1. The van der Waals surface area contributed by atoms with E-state index in [9.17, 15) is 19.5 Å². The molecule has 1 unspecified atom stereocenters. The van der Waals surface area contributed by atoms with Crippen LogP contribution in [0.4, 0.5) is 0 Å². The van der Waals surface area contributed by atoms with Gasteiger partial charge in [0.1, 0.15) is 6.54 Å². The number of hydrogen-bond donors (Lipinski definition) is 3. The summed E-state index contributed by atoms with van der Waals surface area (Å²) < 4.78 is 12.6. The van der Waals surface area contributed by atoms with Gasteiger partial charge >= 0.3 is 7.60 Å². The van der Waals surface area contributed by atoms with Crippen LogP contribution in [0.1, 0.15) is 90.9 Å². The van der Waals surface area contributed by atoms with Gasteiger partial charge in [0, 0.05) is 5.92 Å². The molecule has 3 N–H and O–H groups in total. The summed E-state index contributed by atoms with van der Waals surface area (Å²) in [6, 6.07) is 0. The average molecular weight is 395 g/mol. The van der Waals surface area contributed by atoms with Crippen LogP contribution in [-0.4, -0.2) is 52.4 Å². The van der Waals surface area contributed by atoms with E-state index in [2.05, 4.69) is 13.8 Å². The van der Waals surface area contributed by atoms with Gasteiger partial charge in [-0.25, -0.2) is 0 Å². The lowest BCUT2D eigenvalue weighted by Gasteiger charge is -2.40. The fraction of sp³-hybridized carbons (Fsp3) is 1.00. The molecule has 0 saturated heterocycles. The van der Waals surface area contributed by atoms with E-state index in [-0.39, 0.29) is 12.5 Å². The second-order valence-corrected chi connectivity index (χ2v) is 10.8. The van der Waals surface area contributed by atoms with Crippen LogP contribution in [0, 0.1) is 5.92 Å². The van der Waals surface area contributed by atoms with Crippen molar-refractivity contribution < 1.29 is 23.9 Å². The van der Waals surface area contributed by atoms with Gasteiger partial charge < -0.3 is 19.4 Å². The molecule has 1 atom stereocenters. The van der Waals surface area contributed by atoms with E-state index in [0.29, 0.717) is 17.3 Å². The lowest BCUT2D eigenvalue weighted by molar-refractivity contribution is -0.875. The molecule has 0 aromatic heterocycles. The Morgan fingerprint density at radius 2 is 1.19 bits per heavy atom. The minimum Gasteiger partial charge on any atom is -0.373 e. The third kappa shape index (κ3) is 10.4. The number of unbranched alkanes of at least 4 members (excludes halogenated alkanes) is 8. The molecule has 0 aliphatic heterocycles. The minimum atomic E-state index is -4.62. The average Bonchev–Trinajstić information content (AvgIpc) is 2.49. The second kappa shape index (κ2) is 12.5. The van der Waals surface area contributed by atoms with Crippen molar-refractivity contribution in [2.45, 2.75) is 96.2 Å². The summed E-state index contributed by atoms with van der Waals surface area (Å²) in [4.78, 5) is 20.0. The Balaban J connectivity index is 5.09. The highest BCUT2D eigenvalue weighted by Gasteiger charge is 2.54. The monoisotopic (exact) mass is 394 g/mol. The SMILES string of the molecule is CCCCCCCC(CCCCCCC)C(O)(C[N+](C)(C)C)P(=O)(O)O. The highest BCUT2D eigenvalue weighted by molar-refractivity contribution is 7.53. The Morgan fingerprint density at radius 1 is 0.808 bits per heavy atom. The maximum absolute atomic E-state index is 12.3. The molecular formula is C20H45NO4P+. The molecule has 26 heavy (non-hydrogen) atoms. The van der Waals surface area contributed by atoms with E-state index in [1.807, 2.05) is 21.1 Å². The summed E-state index contributed by atoms with van der Waals surface area (Å²) in [6.45, 7) is 4.42. The van der Waals surface area contributed by atoms with Crippen molar-refractivity contribution in [1.82, 2.24) is 0 Å². The number of nitrogens with zero attached hydrogens (tertiary/aromatic N) is 1. The first-order valence-corrected chi connectivity index (χ1v) is 12.2. The molecular weight excluding hydrogens is 349 g/mol. The van der Waals surface area contributed by atoms with Crippen molar-refractivity contribution >= 4 is 7.60 Å². The quantitative estimate of drug-likeness (QED) is 0.198. The standard InChI is InChI=1S/C20H44NO4P/c1-6-8-10-12-14-16-19(17-15-13-11-9-7-2)20(22,26(23,24)25)18-21(3,4)5/h19,22H,6-18H2,1-5H3,(H-,23,24,25)/p+1. The molecule has 6 heteroatoms. The Morgan fingerprint density at radius 3 is 1.50 bits per heavy atom. The predicted octanol–water partition coefficient (Wildman–Crippen LogP) is 4.90. The van der Waals surface area contributed by atoms with Crippen molar-refractivity contribution in [3.05, 3.63) is 0 Å². The zero-order valence-corrected chi connectivity index (χ0v) is 18.8. The fourth-order valence-electron chi connectivity index (χ4n) is 3.75. The number of likely N-dealkylation sites (N-methyl/N-ethyl adjacent to an activating group) is 1. The Kier molecular flexibility index (Phi) is 12.5. The lowest BCUT2D eigenvalue weighted by atomic mass is 9.88. The topological polar surface area (TPSA) is 77.8 Å². The van der Waals surface area contributed by atoms with Gasteiger partial charge in [-0.1, -0.05) is 78.1 Å². The third-order valence-electron chi connectivity index (χ3n) is 5.18. The van der Waals surface area contributed by atoms with Gasteiger partial charge in [-0.2, -0.15) is 0 Å². The van der Waals surface area contributed by atoms with Gasteiger partial charge in [0.15, 0.2) is 0 Å². The first-order chi connectivity index (χ1) is 12.0. The van der Waals surface area contributed by atoms with Crippen LogP contribution >= 0.6 is 7.60 Å². The molecule has 0 radical (unpaired) electrons. The summed E-state index contributed by atoms with van der Waals surface area (Å²) in [6.07, 6.45) is 12.4. The molecule has 0 amide bonds. The van der Waals surface area contributed by atoms with Crippen LogP contribution in [0.5, 0.6) is 0 Å². The van der Waals surface area contributed by atoms with E-state index in [1.165, 1.54) is 25.7 Å². The number of rotatable bonds is 16. The van der Waals surface area contributed by atoms with Crippen LogP contribution in [-0.2, 0) is 4.57 Å². The van der Waals surface area contributed by atoms with E-state index < -0.39 is 12.9 Å². The van der Waals surface area contributed by atoms with E-state index in [0.717, 1.165) is 38.5 Å². The Bertz CT molecular complexity index is 391. The highest BCUT2D eigenvalue weighted by Crippen LogP contribution is 2.55. The van der Waals surface area contributed by atoms with Crippen molar-refractivity contribution in [2.24, 2.45) is 5.92 Å². The van der Waals surface area contributed by atoms with Gasteiger partial charge in [-0.3, -0.25) is 4.57 Å². The molecule has 0 aliphatic carbocycles. The molecule has 0 spiro atoms. The molecule has 158 valence electrons. The molecule has 0 rings (SSSR count). The zero-order chi connectivity index (χ0) is 20.3. The second-order valence-electron chi connectivity index (χ2n) is 8.97. The van der Waals surface area contributed by atoms with Crippen molar-refractivity contribution in [2.75, 3.05) is 27.7 Å². The summed E-state index contributed by atoms with van der Waals surface area (Å²) in [5.74, 6) is -0.344. The van der Waals surface area contributed by atoms with E-state index in [4.69, 9.17) is 0 Å². The predicted molar refractivity (Wildman–Crippen MR) is 110 cm³/mol. The zero-order valence-electron chi connectivity index (χ0n) is 17.9. The van der Waals surface area contributed by atoms with Crippen molar-refractivity contribution in [1.29, 1.82) is 0 Å². The maximum atomic E-state index is 12.3. The van der Waals surface area contributed by atoms with Gasteiger partial charge in [0.25, 0.3) is 0 Å². The van der Waals surface area contributed by atoms with Gasteiger partial charge in [0.2, 0.25) is 5.34 Å². The molecule has 0 aliphatic rings. The lowest BCUT2D eigenvalue weighted by Crippen LogP contribution is -2.53. The van der Waals surface area contributed by atoms with Crippen LogP contribution in [0.15, 0.2) is 0 Å². The summed E-state index contributed by atoms with van der Waals surface area (Å²) in [7, 11) is 1.00. The first kappa shape index (κ1) is 26.1.